The highest BCUT2D eigenvalue weighted by Gasteiger charge is 2.32. The molecule has 0 spiro atoms. The average Bonchev–Trinajstić information content (AvgIpc) is 2.60. The van der Waals surface area contributed by atoms with E-state index in [4.69, 9.17) is 10.7 Å². The zero-order chi connectivity index (χ0) is 21.1. The van der Waals surface area contributed by atoms with E-state index < -0.39 is 15.8 Å². The van der Waals surface area contributed by atoms with Crippen LogP contribution in [0.2, 0.25) is 0 Å². The van der Waals surface area contributed by atoms with Gasteiger partial charge in [-0.15, -0.1) is 0 Å². The van der Waals surface area contributed by atoms with Crippen LogP contribution in [-0.2, 0) is 10.0 Å². The highest BCUT2D eigenvalue weighted by atomic mass is 32.2. The molecule has 0 aromatic heterocycles. The Hall–Kier alpha value is -2.46. The molecule has 1 aromatic carbocycles. The SMILES string of the molecule is CC1=C(/C(=C\C=N)S(=O)(=O)Nc2ccc(C#N)cc2F)CCC(C(C)(C)C)C1. The summed E-state index contributed by atoms with van der Waals surface area (Å²) in [6.07, 6.45) is 4.39. The number of rotatable bonds is 5. The number of anilines is 1. The summed E-state index contributed by atoms with van der Waals surface area (Å²) >= 11 is 0. The molecule has 0 heterocycles. The first kappa shape index (κ1) is 21.8. The number of halogens is 1. The standard InChI is InChI=1S/C21H26FN3O2S/c1-14-11-16(21(2,3)4)6-7-17(14)20(9-10-23)28(26,27)25-19-8-5-15(13-24)12-18(19)22/h5,8-10,12,16,23,25H,6-7,11H2,1-4H3/b20-9+,23-10?. The lowest BCUT2D eigenvalue weighted by molar-refractivity contribution is 0.216. The Morgan fingerprint density at radius 3 is 2.57 bits per heavy atom. The van der Waals surface area contributed by atoms with Gasteiger partial charge in [-0.05, 0) is 67.4 Å². The van der Waals surface area contributed by atoms with Gasteiger partial charge in [0.25, 0.3) is 10.0 Å². The van der Waals surface area contributed by atoms with Crippen molar-refractivity contribution in [2.45, 2.75) is 47.0 Å². The molecular weight excluding hydrogens is 377 g/mol. The van der Waals surface area contributed by atoms with Gasteiger partial charge in [0.05, 0.1) is 22.2 Å². The first-order valence-corrected chi connectivity index (χ1v) is 10.6. The Morgan fingerprint density at radius 1 is 1.39 bits per heavy atom. The molecule has 2 rings (SSSR count). The van der Waals surface area contributed by atoms with Gasteiger partial charge in [0.15, 0.2) is 0 Å². The summed E-state index contributed by atoms with van der Waals surface area (Å²) < 4.78 is 42.4. The first-order valence-electron chi connectivity index (χ1n) is 9.12. The fourth-order valence-electron chi connectivity index (χ4n) is 3.49. The third kappa shape index (κ3) is 4.87. The number of sulfonamides is 1. The van der Waals surface area contributed by atoms with Crippen molar-refractivity contribution in [3.05, 3.63) is 51.7 Å². The second-order valence-electron chi connectivity index (χ2n) is 8.17. The van der Waals surface area contributed by atoms with Crippen LogP contribution in [-0.4, -0.2) is 14.6 Å². The van der Waals surface area contributed by atoms with Gasteiger partial charge in [-0.25, -0.2) is 12.8 Å². The lowest BCUT2D eigenvalue weighted by atomic mass is 9.71. The van der Waals surface area contributed by atoms with Crippen LogP contribution in [0.3, 0.4) is 0 Å². The van der Waals surface area contributed by atoms with Crippen LogP contribution in [0.5, 0.6) is 0 Å². The second kappa shape index (κ2) is 8.27. The summed E-state index contributed by atoms with van der Waals surface area (Å²) in [5.41, 5.74) is 1.67. The molecule has 1 unspecified atom stereocenters. The van der Waals surface area contributed by atoms with Crippen molar-refractivity contribution in [2.75, 3.05) is 4.72 Å². The maximum absolute atomic E-state index is 14.2. The Kier molecular flexibility index (Phi) is 6.45. The minimum atomic E-state index is -4.09. The molecule has 0 bridgehead atoms. The van der Waals surface area contributed by atoms with Crippen LogP contribution < -0.4 is 4.72 Å². The highest BCUT2D eigenvalue weighted by molar-refractivity contribution is 7.96. The number of nitrogens with zero attached hydrogens (tertiary/aromatic N) is 1. The summed E-state index contributed by atoms with van der Waals surface area (Å²) in [5, 5.41) is 16.2. The summed E-state index contributed by atoms with van der Waals surface area (Å²) in [6, 6.07) is 5.37. The molecule has 1 aliphatic rings. The van der Waals surface area contributed by atoms with Gasteiger partial charge >= 0.3 is 0 Å². The Morgan fingerprint density at radius 2 is 2.07 bits per heavy atom. The summed E-state index contributed by atoms with van der Waals surface area (Å²) in [4.78, 5) is -0.00359. The third-order valence-electron chi connectivity index (χ3n) is 5.20. The normalized spacial score (nSPS) is 18.6. The maximum atomic E-state index is 14.2. The average molecular weight is 404 g/mol. The lowest BCUT2D eigenvalue weighted by Gasteiger charge is -2.35. The monoisotopic (exact) mass is 403 g/mol. The number of nitriles is 1. The predicted octanol–water partition coefficient (Wildman–Crippen LogP) is 5.14. The highest BCUT2D eigenvalue weighted by Crippen LogP contribution is 2.42. The maximum Gasteiger partial charge on any atom is 0.262 e. The Balaban J connectivity index is 2.40. The fourth-order valence-corrected chi connectivity index (χ4v) is 4.91. The summed E-state index contributed by atoms with van der Waals surface area (Å²) in [7, 11) is -4.09. The molecule has 7 heteroatoms. The third-order valence-corrected chi connectivity index (χ3v) is 6.65. The van der Waals surface area contributed by atoms with Gasteiger partial charge in [-0.1, -0.05) is 26.3 Å². The molecule has 0 saturated heterocycles. The van der Waals surface area contributed by atoms with Crippen molar-refractivity contribution < 1.29 is 12.8 Å². The van der Waals surface area contributed by atoms with Crippen LogP contribution in [0.1, 0.15) is 52.5 Å². The molecule has 0 fully saturated rings. The number of hydrogen-bond donors (Lipinski definition) is 2. The van der Waals surface area contributed by atoms with Crippen molar-refractivity contribution in [3.8, 4) is 6.07 Å². The van der Waals surface area contributed by atoms with Crippen molar-refractivity contribution in [1.82, 2.24) is 0 Å². The molecule has 150 valence electrons. The molecular formula is C21H26FN3O2S. The molecule has 0 radical (unpaired) electrons. The molecule has 1 aliphatic carbocycles. The minimum absolute atomic E-state index is 0.00359. The van der Waals surface area contributed by atoms with E-state index in [-0.39, 0.29) is 21.6 Å². The molecule has 2 N–H and O–H groups in total. The zero-order valence-electron chi connectivity index (χ0n) is 16.6. The smallest absolute Gasteiger partial charge is 0.262 e. The van der Waals surface area contributed by atoms with Crippen molar-refractivity contribution in [2.24, 2.45) is 11.3 Å². The molecule has 5 nitrogen and oxygen atoms in total. The van der Waals surface area contributed by atoms with Crippen molar-refractivity contribution in [3.63, 3.8) is 0 Å². The van der Waals surface area contributed by atoms with E-state index in [2.05, 4.69) is 25.5 Å². The summed E-state index contributed by atoms with van der Waals surface area (Å²) in [6.45, 7) is 8.45. The number of nitrogens with one attached hydrogen (secondary N) is 2. The predicted molar refractivity (Wildman–Crippen MR) is 110 cm³/mol. The molecule has 0 aliphatic heterocycles. The first-order chi connectivity index (χ1) is 13.0. The minimum Gasteiger partial charge on any atom is -0.309 e. The van der Waals surface area contributed by atoms with E-state index in [0.29, 0.717) is 17.9 Å². The van der Waals surface area contributed by atoms with E-state index in [9.17, 15) is 12.8 Å². The van der Waals surface area contributed by atoms with Crippen LogP contribution in [0.15, 0.2) is 40.3 Å². The lowest BCUT2D eigenvalue weighted by Crippen LogP contribution is -2.26. The van der Waals surface area contributed by atoms with Gasteiger partial charge in [-0.3, -0.25) is 4.72 Å². The van der Waals surface area contributed by atoms with Gasteiger partial charge in [0, 0.05) is 6.21 Å². The fraction of sp³-hybridized carbons (Fsp3) is 0.429. The van der Waals surface area contributed by atoms with Crippen molar-refractivity contribution in [1.29, 1.82) is 10.7 Å². The van der Waals surface area contributed by atoms with E-state index in [1.807, 2.05) is 13.0 Å². The zero-order valence-corrected chi connectivity index (χ0v) is 17.5. The summed E-state index contributed by atoms with van der Waals surface area (Å²) in [5.74, 6) is -0.372. The van der Waals surface area contributed by atoms with E-state index in [1.165, 1.54) is 18.2 Å². The second-order valence-corrected chi connectivity index (χ2v) is 9.82. The van der Waals surface area contributed by atoms with Gasteiger partial charge in [0.1, 0.15) is 5.82 Å². The van der Waals surface area contributed by atoms with Crippen LogP contribution >= 0.6 is 0 Å². The van der Waals surface area contributed by atoms with Crippen LogP contribution in [0.25, 0.3) is 0 Å². The van der Waals surface area contributed by atoms with Crippen LogP contribution in [0.4, 0.5) is 10.1 Å². The molecule has 1 atom stereocenters. The van der Waals surface area contributed by atoms with Crippen LogP contribution in [0, 0.1) is 33.9 Å². The molecule has 0 amide bonds. The van der Waals surface area contributed by atoms with Gasteiger partial charge in [0.2, 0.25) is 0 Å². The van der Waals surface area contributed by atoms with Crippen molar-refractivity contribution >= 4 is 21.9 Å². The number of hydrogen-bond acceptors (Lipinski definition) is 4. The number of allylic oxidation sites excluding steroid dienone is 3. The largest absolute Gasteiger partial charge is 0.309 e. The Labute approximate surface area is 166 Å². The van der Waals surface area contributed by atoms with Gasteiger partial charge < -0.3 is 5.41 Å². The molecule has 1 aromatic rings. The van der Waals surface area contributed by atoms with E-state index in [0.717, 1.165) is 30.7 Å². The van der Waals surface area contributed by atoms with Gasteiger partial charge in [-0.2, -0.15) is 5.26 Å². The molecule has 0 saturated carbocycles. The van der Waals surface area contributed by atoms with E-state index >= 15 is 0 Å². The van der Waals surface area contributed by atoms with E-state index in [1.54, 1.807) is 0 Å². The topological polar surface area (TPSA) is 93.8 Å². The Bertz CT molecular complexity index is 980. The molecule has 28 heavy (non-hydrogen) atoms. The number of benzene rings is 1. The quantitative estimate of drug-likeness (QED) is 0.667.